The zero-order valence-electron chi connectivity index (χ0n) is 19.5. The fraction of sp³-hybridized carbons (Fsp3) is 0.103. The number of urea groups is 1. The molecule has 0 saturated carbocycles. The summed E-state index contributed by atoms with van der Waals surface area (Å²) in [5, 5.41) is 5.69. The Labute approximate surface area is 208 Å². The maximum atomic E-state index is 12.4. The maximum Gasteiger partial charge on any atom is 0.323 e. The van der Waals surface area contributed by atoms with Crippen molar-refractivity contribution in [2.75, 3.05) is 17.4 Å². The number of rotatable bonds is 6. The molecule has 5 aromatic rings. The van der Waals surface area contributed by atoms with E-state index in [2.05, 4.69) is 33.4 Å². The second-order valence-electron chi connectivity index (χ2n) is 8.53. The molecule has 6 rings (SSSR count). The molecule has 0 saturated heterocycles. The first-order valence-electron chi connectivity index (χ1n) is 11.8. The lowest BCUT2D eigenvalue weighted by molar-refractivity contribution is 0.174. The Bertz CT molecular complexity index is 1530. The summed E-state index contributed by atoms with van der Waals surface area (Å²) < 4.78 is 12.9. The Morgan fingerprint density at radius 2 is 1.50 bits per heavy atom. The second kappa shape index (κ2) is 9.46. The zero-order valence-corrected chi connectivity index (χ0v) is 19.5. The number of hydrogen-bond donors (Lipinski definition) is 2. The summed E-state index contributed by atoms with van der Waals surface area (Å²) in [5.74, 6) is 2.32. The summed E-state index contributed by atoms with van der Waals surface area (Å²) >= 11 is 0. The summed E-state index contributed by atoms with van der Waals surface area (Å²) in [6, 6.07) is 31.4. The fourth-order valence-corrected chi connectivity index (χ4v) is 4.39. The van der Waals surface area contributed by atoms with Gasteiger partial charge in [0.15, 0.2) is 11.5 Å². The van der Waals surface area contributed by atoms with Gasteiger partial charge in [0.2, 0.25) is 6.79 Å². The normalized spacial score (nSPS) is 12.0. The number of amides is 2. The molecule has 0 unspecified atom stereocenters. The van der Waals surface area contributed by atoms with Gasteiger partial charge in [-0.2, -0.15) is 0 Å². The topological polar surface area (TPSA) is 77.4 Å². The van der Waals surface area contributed by atoms with E-state index in [1.54, 1.807) is 18.2 Å². The van der Waals surface area contributed by atoms with Crippen LogP contribution in [0.15, 0.2) is 97.1 Å². The highest BCUT2D eigenvalue weighted by Gasteiger charge is 2.15. The Kier molecular flexibility index (Phi) is 5.71. The molecule has 4 aromatic carbocycles. The van der Waals surface area contributed by atoms with Gasteiger partial charge in [-0.15, -0.1) is 0 Å². The number of imidazole rings is 1. The quantitative estimate of drug-likeness (QED) is 0.307. The van der Waals surface area contributed by atoms with Crippen molar-refractivity contribution < 1.29 is 14.3 Å². The molecule has 0 atom stereocenters. The first-order valence-corrected chi connectivity index (χ1v) is 11.8. The van der Waals surface area contributed by atoms with Gasteiger partial charge in [0.25, 0.3) is 0 Å². The molecule has 2 N–H and O–H groups in total. The molecule has 1 aromatic heterocycles. The number of benzene rings is 4. The molecule has 0 fully saturated rings. The van der Waals surface area contributed by atoms with Gasteiger partial charge in [-0.1, -0.05) is 42.5 Å². The minimum atomic E-state index is -0.321. The van der Waals surface area contributed by atoms with Crippen molar-refractivity contribution in [1.29, 1.82) is 0 Å². The van der Waals surface area contributed by atoms with Crippen LogP contribution in [-0.4, -0.2) is 22.4 Å². The number of hydrogen-bond acceptors (Lipinski definition) is 4. The highest BCUT2D eigenvalue weighted by Crippen LogP contribution is 2.34. The van der Waals surface area contributed by atoms with Crippen LogP contribution < -0.4 is 20.1 Å². The average molecular weight is 477 g/mol. The summed E-state index contributed by atoms with van der Waals surface area (Å²) in [6.07, 6.45) is 1.63. The van der Waals surface area contributed by atoms with Crippen molar-refractivity contribution >= 4 is 28.4 Å². The molecule has 0 spiro atoms. The molecule has 36 heavy (non-hydrogen) atoms. The van der Waals surface area contributed by atoms with Gasteiger partial charge >= 0.3 is 6.03 Å². The minimum Gasteiger partial charge on any atom is -0.454 e. The van der Waals surface area contributed by atoms with E-state index in [-0.39, 0.29) is 12.8 Å². The van der Waals surface area contributed by atoms with Crippen molar-refractivity contribution in [2.24, 2.45) is 0 Å². The van der Waals surface area contributed by atoms with Gasteiger partial charge in [-0.3, -0.25) is 4.57 Å². The Hall–Kier alpha value is -4.78. The summed E-state index contributed by atoms with van der Waals surface area (Å²) in [5.41, 5.74) is 5.72. The Balaban J connectivity index is 1.12. The molecular formula is C29H24N4O3. The molecule has 1 aliphatic rings. The van der Waals surface area contributed by atoms with E-state index in [0.29, 0.717) is 22.9 Å². The molecule has 7 nitrogen and oxygen atoms in total. The largest absolute Gasteiger partial charge is 0.454 e. The van der Waals surface area contributed by atoms with Crippen molar-refractivity contribution in [3.05, 3.63) is 108 Å². The minimum absolute atomic E-state index is 0.196. The lowest BCUT2D eigenvalue weighted by Crippen LogP contribution is -2.19. The van der Waals surface area contributed by atoms with E-state index in [1.807, 2.05) is 60.7 Å². The van der Waals surface area contributed by atoms with Gasteiger partial charge < -0.3 is 20.1 Å². The zero-order chi connectivity index (χ0) is 24.3. The van der Waals surface area contributed by atoms with Crippen molar-refractivity contribution in [1.82, 2.24) is 9.55 Å². The predicted octanol–water partition coefficient (Wildman–Crippen LogP) is 6.18. The van der Waals surface area contributed by atoms with Gasteiger partial charge in [-0.25, -0.2) is 9.78 Å². The Morgan fingerprint density at radius 1 is 0.778 bits per heavy atom. The van der Waals surface area contributed by atoms with Crippen LogP contribution >= 0.6 is 0 Å². The number of carbonyl (C=O) groups excluding carboxylic acids is 1. The van der Waals surface area contributed by atoms with E-state index in [0.717, 1.165) is 35.4 Å². The molecule has 2 amide bonds. The predicted molar refractivity (Wildman–Crippen MR) is 140 cm³/mol. The number of aromatic nitrogens is 2. The number of para-hydroxylation sites is 3. The van der Waals surface area contributed by atoms with Crippen molar-refractivity contribution in [2.45, 2.75) is 12.8 Å². The van der Waals surface area contributed by atoms with Crippen LogP contribution in [0.25, 0.3) is 16.7 Å². The van der Waals surface area contributed by atoms with Crippen LogP contribution in [0, 0.1) is 0 Å². The van der Waals surface area contributed by atoms with Crippen LogP contribution in [0.1, 0.15) is 11.4 Å². The number of nitrogens with zero attached hydrogens (tertiary/aromatic N) is 2. The van der Waals surface area contributed by atoms with Crippen LogP contribution in [-0.2, 0) is 12.8 Å². The average Bonchev–Trinajstić information content (AvgIpc) is 3.53. The summed E-state index contributed by atoms with van der Waals surface area (Å²) in [4.78, 5) is 17.3. The number of aryl methyl sites for hydroxylation is 2. The van der Waals surface area contributed by atoms with Crippen LogP contribution in [0.3, 0.4) is 0 Å². The molecule has 1 aliphatic heterocycles. The highest BCUT2D eigenvalue weighted by atomic mass is 16.7. The summed E-state index contributed by atoms with van der Waals surface area (Å²) in [7, 11) is 0. The third kappa shape index (κ3) is 4.46. The Morgan fingerprint density at radius 3 is 2.36 bits per heavy atom. The third-order valence-electron chi connectivity index (χ3n) is 6.12. The van der Waals surface area contributed by atoms with Crippen molar-refractivity contribution in [3.63, 3.8) is 0 Å². The SMILES string of the molecule is O=C(Nc1ccc(CCc2nc3ccccc3n2-c2ccccc2)cc1)Nc1ccc2c(c1)OCO2. The van der Waals surface area contributed by atoms with E-state index in [4.69, 9.17) is 14.5 Å². The van der Waals surface area contributed by atoms with E-state index in [1.165, 1.54) is 5.56 Å². The van der Waals surface area contributed by atoms with E-state index in [9.17, 15) is 4.79 Å². The second-order valence-corrected chi connectivity index (χ2v) is 8.53. The number of ether oxygens (including phenoxy) is 2. The molecule has 178 valence electrons. The number of fused-ring (bicyclic) bond motifs is 2. The van der Waals surface area contributed by atoms with Gasteiger partial charge in [0, 0.05) is 29.5 Å². The van der Waals surface area contributed by atoms with Gasteiger partial charge in [0.1, 0.15) is 5.82 Å². The maximum absolute atomic E-state index is 12.4. The molecular weight excluding hydrogens is 452 g/mol. The lowest BCUT2D eigenvalue weighted by atomic mass is 10.1. The molecule has 0 bridgehead atoms. The number of carbonyl (C=O) groups is 1. The number of anilines is 2. The molecule has 0 aliphatic carbocycles. The standard InChI is InChI=1S/C29H24N4O3/c34-29(31-22-15-16-26-27(18-22)36-19-35-26)30-21-13-10-20(11-14-21)12-17-28-32-24-8-4-5-9-25(24)33(28)23-6-2-1-3-7-23/h1-11,13-16,18H,12,17,19H2,(H2,30,31,34). The molecule has 0 radical (unpaired) electrons. The summed E-state index contributed by atoms with van der Waals surface area (Å²) in [6.45, 7) is 0.196. The molecule has 7 heteroatoms. The fourth-order valence-electron chi connectivity index (χ4n) is 4.39. The molecule has 2 heterocycles. The first kappa shape index (κ1) is 21.7. The van der Waals surface area contributed by atoms with Crippen LogP contribution in [0.2, 0.25) is 0 Å². The van der Waals surface area contributed by atoms with Gasteiger partial charge in [-0.05, 0) is 60.5 Å². The van der Waals surface area contributed by atoms with Crippen LogP contribution in [0.4, 0.5) is 16.2 Å². The van der Waals surface area contributed by atoms with Crippen molar-refractivity contribution in [3.8, 4) is 17.2 Å². The van der Waals surface area contributed by atoms with Crippen LogP contribution in [0.5, 0.6) is 11.5 Å². The smallest absolute Gasteiger partial charge is 0.323 e. The third-order valence-corrected chi connectivity index (χ3v) is 6.12. The number of nitrogens with one attached hydrogen (secondary N) is 2. The lowest BCUT2D eigenvalue weighted by Gasteiger charge is -2.10. The first-order chi connectivity index (χ1) is 17.7. The van der Waals surface area contributed by atoms with Gasteiger partial charge in [0.05, 0.1) is 11.0 Å². The highest BCUT2D eigenvalue weighted by molar-refractivity contribution is 5.99. The van der Waals surface area contributed by atoms with E-state index >= 15 is 0 Å². The monoisotopic (exact) mass is 476 g/mol. The van der Waals surface area contributed by atoms with E-state index < -0.39 is 0 Å².